The third-order valence-electron chi connectivity index (χ3n) is 6.85. The maximum Gasteiger partial charge on any atom is 0.313 e. The zero-order valence-corrected chi connectivity index (χ0v) is 24.4. The van der Waals surface area contributed by atoms with E-state index in [-0.39, 0.29) is 22.3 Å². The van der Waals surface area contributed by atoms with Gasteiger partial charge in [0.15, 0.2) is 6.61 Å². The number of nitrogens with zero attached hydrogens (tertiary/aromatic N) is 4. The monoisotopic (exact) mass is 655 g/mol. The number of anilines is 1. The smallest absolute Gasteiger partial charge is 0.313 e. The van der Waals surface area contributed by atoms with Gasteiger partial charge in [-0.3, -0.25) is 19.7 Å². The number of aromatic nitrogens is 2. The highest BCUT2D eigenvalue weighted by Gasteiger charge is 2.24. The van der Waals surface area contributed by atoms with E-state index in [1.54, 1.807) is 12.1 Å². The molecule has 13 heteroatoms. The van der Waals surface area contributed by atoms with Crippen molar-refractivity contribution in [3.63, 3.8) is 0 Å². The van der Waals surface area contributed by atoms with Crippen LogP contribution in [0.1, 0.15) is 49.4 Å². The summed E-state index contributed by atoms with van der Waals surface area (Å²) >= 11 is 9.59. The minimum absolute atomic E-state index is 0.0104. The first kappa shape index (κ1) is 29.3. The van der Waals surface area contributed by atoms with Gasteiger partial charge in [-0.05, 0) is 61.4 Å². The van der Waals surface area contributed by atoms with Gasteiger partial charge in [-0.1, -0.05) is 46.8 Å². The van der Waals surface area contributed by atoms with Crippen LogP contribution in [0.5, 0.6) is 5.75 Å². The molecule has 1 heterocycles. The first-order chi connectivity index (χ1) is 20.2. The Morgan fingerprint density at radius 2 is 1.93 bits per heavy atom. The molecule has 0 aliphatic heterocycles. The number of amides is 1. The lowest BCUT2D eigenvalue weighted by atomic mass is 9.88. The van der Waals surface area contributed by atoms with Gasteiger partial charge < -0.3 is 10.1 Å². The van der Waals surface area contributed by atoms with Crippen LogP contribution in [0.15, 0.2) is 69.0 Å². The first-order valence-electron chi connectivity index (χ1n) is 13.1. The Bertz CT molecular complexity index is 1760. The molecule has 1 aliphatic rings. The molecule has 3 aromatic carbocycles. The summed E-state index contributed by atoms with van der Waals surface area (Å²) in [5.41, 5.74) is 0.0709. The molecule has 5 rings (SSSR count). The third-order valence-corrected chi connectivity index (χ3v) is 7.56. The molecule has 0 spiro atoms. The van der Waals surface area contributed by atoms with Crippen LogP contribution in [-0.4, -0.2) is 33.3 Å². The maximum atomic E-state index is 13.6. The van der Waals surface area contributed by atoms with Gasteiger partial charge in [-0.25, -0.2) is 9.37 Å². The molecular formula is C29H24BrClFN5O5. The van der Waals surface area contributed by atoms with Gasteiger partial charge in [-0.15, -0.1) is 0 Å². The molecular weight excluding hydrogens is 633 g/mol. The molecule has 42 heavy (non-hydrogen) atoms. The summed E-state index contributed by atoms with van der Waals surface area (Å²) in [7, 11) is 0. The SMILES string of the molecule is O=C(COc1c(C=Nn2c(C3CCCCC3)nc3ccc(Br)cc3c2=O)cc(Cl)cc1[N+](=O)[O-])Nc1ccc(F)cc1. The van der Waals surface area contributed by atoms with Crippen molar-refractivity contribution in [1.29, 1.82) is 0 Å². The largest absolute Gasteiger partial charge is 0.476 e. The molecule has 216 valence electrons. The van der Waals surface area contributed by atoms with E-state index in [0.717, 1.165) is 38.2 Å². The average molecular weight is 657 g/mol. The summed E-state index contributed by atoms with van der Waals surface area (Å²) in [6, 6.07) is 12.8. The minimum atomic E-state index is -0.689. The summed E-state index contributed by atoms with van der Waals surface area (Å²) < 4.78 is 20.7. The quantitative estimate of drug-likeness (QED) is 0.126. The van der Waals surface area contributed by atoms with Gasteiger partial charge in [-0.2, -0.15) is 9.78 Å². The number of carbonyl (C=O) groups is 1. The van der Waals surface area contributed by atoms with Gasteiger partial charge in [0, 0.05) is 32.7 Å². The predicted octanol–water partition coefficient (Wildman–Crippen LogP) is 6.81. The first-order valence-corrected chi connectivity index (χ1v) is 14.3. The van der Waals surface area contributed by atoms with E-state index < -0.39 is 34.5 Å². The molecule has 1 aromatic heterocycles. The molecule has 0 unspecified atom stereocenters. The number of carbonyl (C=O) groups excluding carboxylic acids is 1. The van der Waals surface area contributed by atoms with Gasteiger partial charge in [0.25, 0.3) is 11.5 Å². The van der Waals surface area contributed by atoms with E-state index in [0.29, 0.717) is 26.9 Å². The standard InChI is InChI=1S/C29H24BrClFN5O5/c30-19-6-11-24-23(13-19)29(39)36(28(35-24)17-4-2-1-3-5-17)33-15-18-12-20(31)14-25(37(40)41)27(18)42-16-26(38)34-22-9-7-21(32)8-10-22/h6-15,17H,1-5,16H2,(H,34,38). The lowest BCUT2D eigenvalue weighted by Gasteiger charge is -2.22. The summed E-state index contributed by atoms with van der Waals surface area (Å²) in [6.07, 6.45) is 6.05. The highest BCUT2D eigenvalue weighted by molar-refractivity contribution is 9.10. The zero-order chi connectivity index (χ0) is 29.8. The normalized spacial score (nSPS) is 13.9. The Morgan fingerprint density at radius 3 is 2.64 bits per heavy atom. The predicted molar refractivity (Wildman–Crippen MR) is 161 cm³/mol. The van der Waals surface area contributed by atoms with Crippen LogP contribution in [-0.2, 0) is 4.79 Å². The van der Waals surface area contributed by atoms with E-state index in [2.05, 4.69) is 26.3 Å². The Kier molecular flexibility index (Phi) is 8.93. The Labute approximate surface area is 252 Å². The lowest BCUT2D eigenvalue weighted by Crippen LogP contribution is -2.25. The highest BCUT2D eigenvalue weighted by Crippen LogP contribution is 2.35. The van der Waals surface area contributed by atoms with Gasteiger partial charge >= 0.3 is 5.69 Å². The Morgan fingerprint density at radius 1 is 1.19 bits per heavy atom. The Balaban J connectivity index is 1.53. The van der Waals surface area contributed by atoms with Gasteiger partial charge in [0.1, 0.15) is 11.6 Å². The molecule has 0 radical (unpaired) electrons. The van der Waals surface area contributed by atoms with E-state index in [9.17, 15) is 24.1 Å². The van der Waals surface area contributed by atoms with Crippen molar-refractivity contribution in [1.82, 2.24) is 9.66 Å². The highest BCUT2D eigenvalue weighted by atomic mass is 79.9. The van der Waals surface area contributed by atoms with Crippen molar-refractivity contribution >= 4 is 61.9 Å². The molecule has 1 amide bonds. The van der Waals surface area contributed by atoms with Crippen LogP contribution in [0.2, 0.25) is 5.02 Å². The molecule has 10 nitrogen and oxygen atoms in total. The van der Waals surface area contributed by atoms with Crippen molar-refractivity contribution in [2.75, 3.05) is 11.9 Å². The number of nitrogens with one attached hydrogen (secondary N) is 1. The fraction of sp³-hybridized carbons (Fsp3) is 0.241. The number of hydrogen-bond acceptors (Lipinski definition) is 7. The van der Waals surface area contributed by atoms with Crippen molar-refractivity contribution in [2.24, 2.45) is 5.10 Å². The minimum Gasteiger partial charge on any atom is -0.476 e. The summed E-state index contributed by atoms with van der Waals surface area (Å²) in [5, 5.41) is 19.2. The van der Waals surface area contributed by atoms with Gasteiger partial charge in [0.2, 0.25) is 5.75 Å². The maximum absolute atomic E-state index is 13.6. The van der Waals surface area contributed by atoms with Crippen molar-refractivity contribution in [3.8, 4) is 5.75 Å². The lowest BCUT2D eigenvalue weighted by molar-refractivity contribution is -0.385. The second-order valence-corrected chi connectivity index (χ2v) is 11.1. The average Bonchev–Trinajstić information content (AvgIpc) is 2.97. The number of halogens is 3. The van der Waals surface area contributed by atoms with Crippen LogP contribution in [0.25, 0.3) is 10.9 Å². The van der Waals surface area contributed by atoms with Crippen LogP contribution in [0, 0.1) is 15.9 Å². The molecule has 1 saturated carbocycles. The molecule has 1 N–H and O–H groups in total. The van der Waals surface area contributed by atoms with Crippen molar-refractivity contribution in [2.45, 2.75) is 38.0 Å². The van der Waals surface area contributed by atoms with Crippen LogP contribution < -0.4 is 15.6 Å². The molecule has 0 saturated heterocycles. The molecule has 4 aromatic rings. The number of benzene rings is 3. The number of rotatable bonds is 8. The van der Waals surface area contributed by atoms with Crippen LogP contribution in [0.3, 0.4) is 0 Å². The summed E-state index contributed by atoms with van der Waals surface area (Å²) in [6.45, 7) is -0.598. The number of fused-ring (bicyclic) bond motifs is 1. The van der Waals surface area contributed by atoms with Crippen LogP contribution >= 0.6 is 27.5 Å². The van der Waals surface area contributed by atoms with Crippen LogP contribution in [0.4, 0.5) is 15.8 Å². The summed E-state index contributed by atoms with van der Waals surface area (Å²) in [5.74, 6) is -0.843. The van der Waals surface area contributed by atoms with E-state index in [1.807, 2.05) is 6.07 Å². The van der Waals surface area contributed by atoms with E-state index >= 15 is 0 Å². The van der Waals surface area contributed by atoms with E-state index in [1.165, 1.54) is 41.2 Å². The fourth-order valence-corrected chi connectivity index (χ4v) is 5.46. The summed E-state index contributed by atoms with van der Waals surface area (Å²) in [4.78, 5) is 42.1. The second kappa shape index (κ2) is 12.8. The molecule has 0 bridgehead atoms. The third kappa shape index (κ3) is 6.66. The topological polar surface area (TPSA) is 129 Å². The number of nitro benzene ring substituents is 1. The second-order valence-electron chi connectivity index (χ2n) is 9.77. The van der Waals surface area contributed by atoms with E-state index in [4.69, 9.17) is 21.3 Å². The fourth-order valence-electron chi connectivity index (χ4n) is 4.88. The molecule has 1 fully saturated rings. The zero-order valence-electron chi connectivity index (χ0n) is 22.1. The van der Waals surface area contributed by atoms with Gasteiger partial charge in [0.05, 0.1) is 22.0 Å². The van der Waals surface area contributed by atoms with Crippen molar-refractivity contribution < 1.29 is 18.8 Å². The Hall–Kier alpha value is -4.16. The number of ether oxygens (including phenoxy) is 1. The number of hydrogen-bond donors (Lipinski definition) is 1. The molecule has 0 atom stereocenters. The molecule has 1 aliphatic carbocycles. The van der Waals surface area contributed by atoms with Crippen molar-refractivity contribution in [3.05, 3.63) is 102 Å². The number of nitro groups is 1.